The first-order valence-electron chi connectivity index (χ1n) is 17.2. The topological polar surface area (TPSA) is 43.6 Å². The van der Waals surface area contributed by atoms with Crippen molar-refractivity contribution < 1.29 is 0 Å². The molecule has 51 heavy (non-hydrogen) atoms. The van der Waals surface area contributed by atoms with Crippen molar-refractivity contribution in [3.8, 4) is 50.8 Å². The van der Waals surface area contributed by atoms with Crippen molar-refractivity contribution in [1.82, 2.24) is 19.5 Å². The minimum atomic E-state index is 0.686. The van der Waals surface area contributed by atoms with Crippen LogP contribution in [0.5, 0.6) is 0 Å². The third-order valence-corrected chi connectivity index (χ3v) is 9.76. The Morgan fingerprint density at radius 2 is 0.941 bits per heavy atom. The molecule has 0 aliphatic rings. The average molecular weight is 651 g/mol. The van der Waals surface area contributed by atoms with Gasteiger partial charge in [-0.05, 0) is 47.2 Å². The molecule has 4 heteroatoms. The van der Waals surface area contributed by atoms with E-state index in [1.807, 2.05) is 36.4 Å². The van der Waals surface area contributed by atoms with Crippen LogP contribution in [-0.4, -0.2) is 19.5 Å². The summed E-state index contributed by atoms with van der Waals surface area (Å²) in [5.74, 6) is 0.686. The molecule has 10 aromatic rings. The molecule has 0 aliphatic heterocycles. The number of para-hydroxylation sites is 2. The average Bonchev–Trinajstić information content (AvgIpc) is 3.56. The molecule has 3 aromatic heterocycles. The fourth-order valence-electron chi connectivity index (χ4n) is 7.34. The third kappa shape index (κ3) is 4.96. The maximum atomic E-state index is 5.45. The Bertz CT molecular complexity index is 2820. The fraction of sp³-hybridized carbons (Fsp3) is 0. The van der Waals surface area contributed by atoms with Crippen molar-refractivity contribution >= 4 is 43.5 Å². The number of pyridine rings is 1. The first-order valence-corrected chi connectivity index (χ1v) is 17.2. The van der Waals surface area contributed by atoms with E-state index in [0.29, 0.717) is 5.82 Å². The highest BCUT2D eigenvalue weighted by atomic mass is 15.0. The highest BCUT2D eigenvalue weighted by Gasteiger charge is 2.21. The molecule has 0 saturated carbocycles. The molecule has 7 aromatic carbocycles. The highest BCUT2D eigenvalue weighted by molar-refractivity contribution is 6.23. The number of benzene rings is 7. The summed E-state index contributed by atoms with van der Waals surface area (Å²) >= 11 is 0. The van der Waals surface area contributed by atoms with Gasteiger partial charge in [-0.25, -0.2) is 15.0 Å². The summed E-state index contributed by atoms with van der Waals surface area (Å²) in [4.78, 5) is 15.6. The summed E-state index contributed by atoms with van der Waals surface area (Å²) in [6.07, 6.45) is 0. The summed E-state index contributed by atoms with van der Waals surface area (Å²) < 4.78 is 2.40. The molecule has 3 heterocycles. The molecule has 10 rings (SSSR count). The minimum absolute atomic E-state index is 0.686. The van der Waals surface area contributed by atoms with Crippen LogP contribution in [0.25, 0.3) is 94.3 Å². The van der Waals surface area contributed by atoms with E-state index in [1.165, 1.54) is 16.2 Å². The Labute approximate surface area is 295 Å². The van der Waals surface area contributed by atoms with Gasteiger partial charge in [0.1, 0.15) is 0 Å². The van der Waals surface area contributed by atoms with Crippen LogP contribution in [-0.2, 0) is 0 Å². The zero-order valence-corrected chi connectivity index (χ0v) is 27.6. The van der Waals surface area contributed by atoms with Gasteiger partial charge in [-0.3, -0.25) is 0 Å². The van der Waals surface area contributed by atoms with Crippen LogP contribution in [0, 0.1) is 0 Å². The molecule has 0 aliphatic carbocycles. The number of rotatable bonds is 5. The van der Waals surface area contributed by atoms with Crippen LogP contribution in [0.1, 0.15) is 0 Å². The summed E-state index contributed by atoms with van der Waals surface area (Å²) in [6.45, 7) is 0. The predicted molar refractivity (Wildman–Crippen MR) is 211 cm³/mol. The second-order valence-electron chi connectivity index (χ2n) is 12.9. The SMILES string of the molecule is c1ccc(-c2cc(-c3ccccc3)nc(-c3ccc(-c4nc5cc6ccccc6cc5c5c4c4ccccc4n5-c4ccccc4)cc3)n2)cc1. The van der Waals surface area contributed by atoms with E-state index in [1.54, 1.807) is 0 Å². The standard InChI is InChI=1S/C47H30N4/c1-4-14-31(15-5-1)40-30-41(32-16-6-2-7-17-32)50-47(49-40)34-26-24-33(25-27-34)45-44-38-22-12-13-23-43(38)51(37-20-8-3-9-21-37)46(44)39-28-35-18-10-11-19-36(35)29-42(39)48-45/h1-30H. The second kappa shape index (κ2) is 11.9. The van der Waals surface area contributed by atoms with Gasteiger partial charge in [0.2, 0.25) is 0 Å². The van der Waals surface area contributed by atoms with E-state index in [2.05, 4.69) is 150 Å². The number of fused-ring (bicyclic) bond motifs is 6. The summed E-state index contributed by atoms with van der Waals surface area (Å²) in [7, 11) is 0. The van der Waals surface area contributed by atoms with Gasteiger partial charge in [-0.15, -0.1) is 0 Å². The molecule has 0 N–H and O–H groups in total. The van der Waals surface area contributed by atoms with Crippen molar-refractivity contribution in [3.05, 3.63) is 182 Å². The van der Waals surface area contributed by atoms with E-state index in [0.717, 1.165) is 72.3 Å². The van der Waals surface area contributed by atoms with Crippen molar-refractivity contribution in [3.63, 3.8) is 0 Å². The monoisotopic (exact) mass is 650 g/mol. The van der Waals surface area contributed by atoms with Gasteiger partial charge < -0.3 is 4.57 Å². The lowest BCUT2D eigenvalue weighted by molar-refractivity contribution is 1.18. The first-order chi connectivity index (χ1) is 25.3. The van der Waals surface area contributed by atoms with Gasteiger partial charge in [0, 0.05) is 44.1 Å². The predicted octanol–water partition coefficient (Wildman–Crippen LogP) is 11.9. The lowest BCUT2D eigenvalue weighted by Gasteiger charge is -2.13. The van der Waals surface area contributed by atoms with E-state index >= 15 is 0 Å². The van der Waals surface area contributed by atoms with Gasteiger partial charge >= 0.3 is 0 Å². The number of nitrogens with zero attached hydrogens (tertiary/aromatic N) is 4. The van der Waals surface area contributed by atoms with Crippen LogP contribution >= 0.6 is 0 Å². The zero-order valence-electron chi connectivity index (χ0n) is 27.6. The molecule has 0 bridgehead atoms. The lowest BCUT2D eigenvalue weighted by Crippen LogP contribution is -1.97. The normalized spacial score (nSPS) is 11.5. The largest absolute Gasteiger partial charge is 0.308 e. The fourth-order valence-corrected chi connectivity index (χ4v) is 7.34. The maximum absolute atomic E-state index is 5.45. The van der Waals surface area contributed by atoms with Crippen molar-refractivity contribution in [1.29, 1.82) is 0 Å². The van der Waals surface area contributed by atoms with Crippen molar-refractivity contribution in [2.75, 3.05) is 0 Å². The quantitative estimate of drug-likeness (QED) is 0.174. The molecule has 0 saturated heterocycles. The second-order valence-corrected chi connectivity index (χ2v) is 12.9. The highest BCUT2D eigenvalue weighted by Crippen LogP contribution is 2.42. The molecular formula is C47H30N4. The molecule has 238 valence electrons. The first kappa shape index (κ1) is 29.0. The van der Waals surface area contributed by atoms with Crippen molar-refractivity contribution in [2.45, 2.75) is 0 Å². The van der Waals surface area contributed by atoms with Gasteiger partial charge in [-0.2, -0.15) is 0 Å². The Morgan fingerprint density at radius 3 is 1.61 bits per heavy atom. The van der Waals surface area contributed by atoms with E-state index < -0.39 is 0 Å². The van der Waals surface area contributed by atoms with Gasteiger partial charge in [-0.1, -0.05) is 146 Å². The smallest absolute Gasteiger partial charge is 0.160 e. The number of hydrogen-bond donors (Lipinski definition) is 0. The third-order valence-electron chi connectivity index (χ3n) is 9.76. The van der Waals surface area contributed by atoms with Crippen LogP contribution in [0.4, 0.5) is 0 Å². The minimum Gasteiger partial charge on any atom is -0.308 e. The Hall–Kier alpha value is -6.91. The van der Waals surface area contributed by atoms with Gasteiger partial charge in [0.05, 0.1) is 33.6 Å². The molecule has 0 spiro atoms. The number of hydrogen-bond acceptors (Lipinski definition) is 3. The summed E-state index contributed by atoms with van der Waals surface area (Å²) in [6, 6.07) is 63.6. The maximum Gasteiger partial charge on any atom is 0.160 e. The summed E-state index contributed by atoms with van der Waals surface area (Å²) in [5, 5.41) is 5.81. The van der Waals surface area contributed by atoms with Crippen LogP contribution < -0.4 is 0 Å². The van der Waals surface area contributed by atoms with Crippen LogP contribution in [0.15, 0.2) is 182 Å². The summed E-state index contributed by atoms with van der Waals surface area (Å²) in [5.41, 5.74) is 11.2. The molecule has 0 amide bonds. The molecule has 0 atom stereocenters. The Kier molecular flexibility index (Phi) is 6.78. The Balaban J connectivity index is 1.20. The van der Waals surface area contributed by atoms with E-state index in [-0.39, 0.29) is 0 Å². The van der Waals surface area contributed by atoms with Crippen LogP contribution in [0.2, 0.25) is 0 Å². The molecule has 4 nitrogen and oxygen atoms in total. The number of aromatic nitrogens is 4. The van der Waals surface area contributed by atoms with E-state index in [4.69, 9.17) is 15.0 Å². The molecule has 0 fully saturated rings. The molecule has 0 unspecified atom stereocenters. The van der Waals surface area contributed by atoms with E-state index in [9.17, 15) is 0 Å². The molecule has 0 radical (unpaired) electrons. The van der Waals surface area contributed by atoms with Gasteiger partial charge in [0.25, 0.3) is 0 Å². The molecular weight excluding hydrogens is 621 g/mol. The zero-order chi connectivity index (χ0) is 33.7. The van der Waals surface area contributed by atoms with Gasteiger partial charge in [0.15, 0.2) is 5.82 Å². The van der Waals surface area contributed by atoms with Crippen molar-refractivity contribution in [2.24, 2.45) is 0 Å². The Morgan fingerprint density at radius 1 is 0.392 bits per heavy atom. The van der Waals surface area contributed by atoms with Crippen LogP contribution in [0.3, 0.4) is 0 Å². The lowest BCUT2D eigenvalue weighted by atomic mass is 9.99.